The highest BCUT2D eigenvalue weighted by Gasteiger charge is 2.06. The van der Waals surface area contributed by atoms with E-state index in [0.717, 1.165) is 18.5 Å². The maximum atomic E-state index is 9.91. The Morgan fingerprint density at radius 2 is 2.22 bits per heavy atom. The van der Waals surface area contributed by atoms with Crippen LogP contribution >= 0.6 is 11.3 Å². The van der Waals surface area contributed by atoms with Crippen molar-refractivity contribution in [1.82, 2.24) is 5.32 Å². The topological polar surface area (TPSA) is 41.5 Å². The Balaban J connectivity index is 1.83. The number of ether oxygens (including phenoxy) is 1. The third-order valence-corrected chi connectivity index (χ3v) is 3.52. The Hall–Kier alpha value is -1.52. The molecule has 2 N–H and O–H groups in total. The number of hydrogen-bond acceptors (Lipinski definition) is 4. The summed E-state index contributed by atoms with van der Waals surface area (Å²) in [7, 11) is 1.56. The molecule has 18 heavy (non-hydrogen) atoms. The minimum absolute atomic E-state index is 0.225. The third kappa shape index (κ3) is 3.24. The predicted octanol–water partition coefficient (Wildman–Crippen LogP) is 2.79. The van der Waals surface area contributed by atoms with E-state index in [1.807, 2.05) is 12.1 Å². The van der Waals surface area contributed by atoms with Gasteiger partial charge in [-0.3, -0.25) is 0 Å². The minimum atomic E-state index is 0.225. The molecular weight excluding hydrogens is 246 g/mol. The van der Waals surface area contributed by atoms with Crippen molar-refractivity contribution in [3.63, 3.8) is 0 Å². The first-order valence-corrected chi connectivity index (χ1v) is 6.82. The van der Waals surface area contributed by atoms with E-state index in [4.69, 9.17) is 4.74 Å². The van der Waals surface area contributed by atoms with Crippen molar-refractivity contribution in [1.29, 1.82) is 0 Å². The van der Waals surface area contributed by atoms with Crippen LogP contribution in [0.1, 0.15) is 11.1 Å². The van der Waals surface area contributed by atoms with Crippen LogP contribution in [0.5, 0.6) is 11.5 Å². The minimum Gasteiger partial charge on any atom is -0.504 e. The molecule has 1 heterocycles. The summed E-state index contributed by atoms with van der Waals surface area (Å²) >= 11 is 1.72. The number of phenols is 1. The molecule has 0 bridgehead atoms. The summed E-state index contributed by atoms with van der Waals surface area (Å²) < 4.78 is 5.07. The number of benzene rings is 1. The van der Waals surface area contributed by atoms with Crippen molar-refractivity contribution in [3.05, 3.63) is 46.2 Å². The molecule has 96 valence electrons. The monoisotopic (exact) mass is 263 g/mol. The lowest BCUT2D eigenvalue weighted by Crippen LogP contribution is -2.16. The van der Waals surface area contributed by atoms with Crippen molar-refractivity contribution in [2.75, 3.05) is 13.7 Å². The maximum Gasteiger partial charge on any atom is 0.162 e. The number of thiophene rings is 1. The highest BCUT2D eigenvalue weighted by Crippen LogP contribution is 2.28. The van der Waals surface area contributed by atoms with Gasteiger partial charge in [0, 0.05) is 12.1 Å². The number of nitrogens with one attached hydrogen (secondary N) is 1. The quantitative estimate of drug-likeness (QED) is 0.787. The Morgan fingerprint density at radius 1 is 1.33 bits per heavy atom. The molecule has 0 unspecified atom stereocenters. The lowest BCUT2D eigenvalue weighted by molar-refractivity contribution is 0.369. The fourth-order valence-corrected chi connectivity index (χ4v) is 2.47. The van der Waals surface area contributed by atoms with Gasteiger partial charge in [-0.15, -0.1) is 0 Å². The molecule has 1 aromatic carbocycles. The number of para-hydroxylation sites is 1. The molecular formula is C14H17NO2S. The summed E-state index contributed by atoms with van der Waals surface area (Å²) in [5, 5.41) is 17.5. The maximum absolute atomic E-state index is 9.91. The summed E-state index contributed by atoms with van der Waals surface area (Å²) in [5.41, 5.74) is 2.21. The predicted molar refractivity (Wildman–Crippen MR) is 74.4 cm³/mol. The Labute approximate surface area is 111 Å². The van der Waals surface area contributed by atoms with E-state index in [-0.39, 0.29) is 5.75 Å². The van der Waals surface area contributed by atoms with E-state index >= 15 is 0 Å². The second-order valence-corrected chi connectivity index (χ2v) is 4.81. The van der Waals surface area contributed by atoms with Crippen molar-refractivity contribution >= 4 is 11.3 Å². The standard InChI is InChI=1S/C14H17NO2S/c1-17-13-4-2-3-12(14(13)16)9-15-7-5-11-6-8-18-10-11/h2-4,6,8,10,15-16H,5,7,9H2,1H3. The average molecular weight is 263 g/mol. The number of rotatable bonds is 6. The van der Waals surface area contributed by atoms with Crippen molar-refractivity contribution in [2.45, 2.75) is 13.0 Å². The van der Waals surface area contributed by atoms with Crippen molar-refractivity contribution < 1.29 is 9.84 Å². The van der Waals surface area contributed by atoms with Gasteiger partial charge in [-0.2, -0.15) is 11.3 Å². The molecule has 0 atom stereocenters. The molecule has 0 aliphatic heterocycles. The molecule has 0 aliphatic rings. The van der Waals surface area contributed by atoms with E-state index in [1.54, 1.807) is 24.5 Å². The van der Waals surface area contributed by atoms with Gasteiger partial charge in [-0.1, -0.05) is 12.1 Å². The zero-order chi connectivity index (χ0) is 12.8. The number of phenolic OH excluding ortho intramolecular Hbond substituents is 1. The summed E-state index contributed by atoms with van der Waals surface area (Å²) in [5.74, 6) is 0.746. The highest BCUT2D eigenvalue weighted by molar-refractivity contribution is 7.07. The summed E-state index contributed by atoms with van der Waals surface area (Å²) in [4.78, 5) is 0. The van der Waals surface area contributed by atoms with Gasteiger partial charge in [0.2, 0.25) is 0 Å². The SMILES string of the molecule is COc1cccc(CNCCc2ccsc2)c1O. The molecule has 0 amide bonds. The Morgan fingerprint density at radius 3 is 2.94 bits per heavy atom. The lowest BCUT2D eigenvalue weighted by atomic mass is 10.2. The first kappa shape index (κ1) is 12.9. The summed E-state index contributed by atoms with van der Waals surface area (Å²) in [6, 6.07) is 7.67. The van der Waals surface area contributed by atoms with Gasteiger partial charge < -0.3 is 15.2 Å². The Kier molecular flexibility index (Phi) is 4.61. The second kappa shape index (κ2) is 6.42. The third-order valence-electron chi connectivity index (χ3n) is 2.79. The van der Waals surface area contributed by atoms with E-state index in [0.29, 0.717) is 12.3 Å². The molecule has 2 aromatic rings. The van der Waals surface area contributed by atoms with Crippen LogP contribution in [0.15, 0.2) is 35.0 Å². The molecule has 0 spiro atoms. The largest absolute Gasteiger partial charge is 0.504 e. The molecule has 0 radical (unpaired) electrons. The summed E-state index contributed by atoms with van der Waals surface area (Å²) in [6.45, 7) is 1.54. The first-order valence-electron chi connectivity index (χ1n) is 5.88. The van der Waals surface area contributed by atoms with E-state index in [2.05, 4.69) is 22.1 Å². The second-order valence-electron chi connectivity index (χ2n) is 4.03. The molecule has 0 saturated carbocycles. The van der Waals surface area contributed by atoms with Gasteiger partial charge in [-0.25, -0.2) is 0 Å². The van der Waals surface area contributed by atoms with Gasteiger partial charge in [0.25, 0.3) is 0 Å². The fraction of sp³-hybridized carbons (Fsp3) is 0.286. The van der Waals surface area contributed by atoms with Crippen LogP contribution in [-0.2, 0) is 13.0 Å². The zero-order valence-corrected chi connectivity index (χ0v) is 11.2. The molecule has 0 fully saturated rings. The van der Waals surface area contributed by atoms with Crippen molar-refractivity contribution in [3.8, 4) is 11.5 Å². The normalized spacial score (nSPS) is 10.5. The molecule has 0 aliphatic carbocycles. The van der Waals surface area contributed by atoms with Crippen LogP contribution < -0.4 is 10.1 Å². The highest BCUT2D eigenvalue weighted by atomic mass is 32.1. The van der Waals surface area contributed by atoms with Gasteiger partial charge >= 0.3 is 0 Å². The number of aromatic hydroxyl groups is 1. The van der Waals surface area contributed by atoms with Gasteiger partial charge in [0.05, 0.1) is 7.11 Å². The molecule has 2 rings (SSSR count). The molecule has 1 aromatic heterocycles. The molecule has 0 saturated heterocycles. The average Bonchev–Trinajstić information content (AvgIpc) is 2.89. The lowest BCUT2D eigenvalue weighted by Gasteiger charge is -2.09. The van der Waals surface area contributed by atoms with Gasteiger partial charge in [0.1, 0.15) is 0 Å². The zero-order valence-electron chi connectivity index (χ0n) is 10.3. The molecule has 3 nitrogen and oxygen atoms in total. The van der Waals surface area contributed by atoms with Crippen LogP contribution in [0.2, 0.25) is 0 Å². The van der Waals surface area contributed by atoms with E-state index < -0.39 is 0 Å². The summed E-state index contributed by atoms with van der Waals surface area (Å²) in [6.07, 6.45) is 1.01. The molecule has 4 heteroatoms. The van der Waals surface area contributed by atoms with Crippen molar-refractivity contribution in [2.24, 2.45) is 0 Å². The van der Waals surface area contributed by atoms with Crippen LogP contribution in [0.4, 0.5) is 0 Å². The van der Waals surface area contributed by atoms with Crippen LogP contribution in [0.3, 0.4) is 0 Å². The van der Waals surface area contributed by atoms with Crippen LogP contribution in [0, 0.1) is 0 Å². The number of methoxy groups -OCH3 is 1. The smallest absolute Gasteiger partial charge is 0.162 e. The number of hydrogen-bond donors (Lipinski definition) is 2. The van der Waals surface area contributed by atoms with E-state index in [9.17, 15) is 5.11 Å². The first-order chi connectivity index (χ1) is 8.81. The van der Waals surface area contributed by atoms with Gasteiger partial charge in [0.15, 0.2) is 11.5 Å². The van der Waals surface area contributed by atoms with E-state index in [1.165, 1.54) is 5.56 Å². The van der Waals surface area contributed by atoms with Gasteiger partial charge in [-0.05, 0) is 41.4 Å². The van der Waals surface area contributed by atoms with Crippen LogP contribution in [-0.4, -0.2) is 18.8 Å². The van der Waals surface area contributed by atoms with Crippen LogP contribution in [0.25, 0.3) is 0 Å². The Bertz CT molecular complexity index is 483. The fourth-order valence-electron chi connectivity index (χ4n) is 1.77.